The Morgan fingerprint density at radius 3 is 2.10 bits per heavy atom. The highest BCUT2D eigenvalue weighted by atomic mass is 31.2. The first-order valence-electron chi connectivity index (χ1n) is 5.96. The molecule has 0 aliphatic heterocycles. The van der Waals surface area contributed by atoms with Crippen molar-refractivity contribution >= 4 is 19.4 Å². The molecule has 0 radical (unpaired) electrons. The maximum atomic E-state index is 10.4. The number of carboxylic acids is 1. The van der Waals surface area contributed by atoms with Crippen LogP contribution >= 0.6 is 7.75 Å². The Morgan fingerprint density at radius 1 is 1.30 bits per heavy atom. The maximum Gasteiger partial charge on any atom is 0.400 e. The van der Waals surface area contributed by atoms with Gasteiger partial charge in [0.2, 0.25) is 0 Å². The molecule has 0 aliphatic carbocycles. The quantitative estimate of drug-likeness (QED) is 0.614. The molecule has 2 atom stereocenters. The molecule has 0 heterocycles. The maximum absolute atomic E-state index is 10.4. The fraction of sp³-hybridized carbons (Fsp3) is 0.417. The van der Waals surface area contributed by atoms with Crippen LogP contribution in [0, 0.1) is 0 Å². The molecule has 8 heteroatoms. The Balaban J connectivity index is 0.000000396. The van der Waals surface area contributed by atoms with Gasteiger partial charge in [-0.25, -0.2) is 10.1 Å². The molecular weight excluding hydrogens is 283 g/mol. The van der Waals surface area contributed by atoms with E-state index < -0.39 is 19.8 Å². The predicted octanol–water partition coefficient (Wildman–Crippen LogP) is 2.04. The van der Waals surface area contributed by atoms with Gasteiger partial charge in [0.15, 0.2) is 0 Å². The number of hydrogen-bond donors (Lipinski definition) is 4. The smallest absolute Gasteiger partial charge is 0.400 e. The molecule has 114 valence electrons. The summed E-state index contributed by atoms with van der Waals surface area (Å²) in [7, 11) is -3.72. The summed E-state index contributed by atoms with van der Waals surface area (Å²) in [6.45, 7) is 4.88. The molecule has 0 fully saturated rings. The molecule has 7 nitrogen and oxygen atoms in total. The van der Waals surface area contributed by atoms with Crippen LogP contribution in [0.15, 0.2) is 30.3 Å². The van der Waals surface area contributed by atoms with Crippen molar-refractivity contribution in [3.8, 4) is 0 Å². The number of aliphatic carboxylic acids is 1. The first-order chi connectivity index (χ1) is 9.11. The van der Waals surface area contributed by atoms with E-state index in [4.69, 9.17) is 10.00 Å². The molecule has 0 bridgehead atoms. The molecule has 1 aromatic rings. The normalized spacial score (nSPS) is 14.7. The lowest BCUT2D eigenvalue weighted by molar-refractivity contribution is -0.137. The lowest BCUT2D eigenvalue weighted by atomic mass is 10.3. The largest absolute Gasteiger partial charge is 0.480 e. The van der Waals surface area contributed by atoms with Crippen LogP contribution in [-0.4, -0.2) is 28.1 Å². The van der Waals surface area contributed by atoms with Crippen molar-refractivity contribution in [1.82, 2.24) is 0 Å². The second kappa shape index (κ2) is 8.71. The van der Waals surface area contributed by atoms with Crippen molar-refractivity contribution in [2.75, 3.05) is 5.32 Å². The molecule has 0 amide bonds. The van der Waals surface area contributed by atoms with Crippen molar-refractivity contribution in [3.05, 3.63) is 30.3 Å². The second-order valence-electron chi connectivity index (χ2n) is 4.29. The summed E-state index contributed by atoms with van der Waals surface area (Å²) < 4.78 is 14.5. The molecule has 1 rings (SSSR count). The second-order valence-corrected chi connectivity index (χ2v) is 5.63. The van der Waals surface area contributed by atoms with E-state index in [-0.39, 0.29) is 6.10 Å². The SMILES string of the molecule is CC(C)OP(N)(=O)O.CC(Nc1ccccc1)C(=O)O. The van der Waals surface area contributed by atoms with Gasteiger partial charge in [-0.3, -0.25) is 9.32 Å². The van der Waals surface area contributed by atoms with E-state index >= 15 is 0 Å². The predicted molar refractivity (Wildman–Crippen MR) is 77.4 cm³/mol. The van der Waals surface area contributed by atoms with E-state index in [1.807, 2.05) is 30.3 Å². The summed E-state index contributed by atoms with van der Waals surface area (Å²) in [5.74, 6) is -0.848. The van der Waals surface area contributed by atoms with Crippen molar-refractivity contribution in [2.45, 2.75) is 32.9 Å². The number of para-hydroxylation sites is 1. The zero-order chi connectivity index (χ0) is 15.8. The zero-order valence-corrected chi connectivity index (χ0v) is 12.6. The van der Waals surface area contributed by atoms with Crippen LogP contribution in [-0.2, 0) is 13.9 Å². The first kappa shape index (κ1) is 18.6. The number of nitrogens with two attached hydrogens (primary N) is 1. The average Bonchev–Trinajstić information content (AvgIpc) is 2.27. The summed E-state index contributed by atoms with van der Waals surface area (Å²) in [5.41, 5.74) is 5.45. The molecule has 0 saturated carbocycles. The van der Waals surface area contributed by atoms with Gasteiger partial charge in [-0.05, 0) is 32.9 Å². The standard InChI is InChI=1S/C9H11NO2.C3H10NO3P/c1-7(9(11)12)10-8-5-3-2-4-6-8;1-3(2)7-8(4,5)6/h2-7,10H,1H3,(H,11,12);3H,1-2H3,(H3,4,5,6). The molecule has 0 spiro atoms. The molecule has 0 aliphatic rings. The van der Waals surface area contributed by atoms with E-state index in [2.05, 4.69) is 15.3 Å². The number of rotatable bonds is 5. The number of anilines is 1. The van der Waals surface area contributed by atoms with Crippen LogP contribution < -0.4 is 10.8 Å². The van der Waals surface area contributed by atoms with Gasteiger partial charge >= 0.3 is 13.7 Å². The van der Waals surface area contributed by atoms with Crippen LogP contribution in [0.2, 0.25) is 0 Å². The number of carboxylic acid groups (broad SMARTS) is 1. The highest BCUT2D eigenvalue weighted by molar-refractivity contribution is 7.50. The fourth-order valence-corrected chi connectivity index (χ4v) is 1.75. The van der Waals surface area contributed by atoms with E-state index in [1.54, 1.807) is 20.8 Å². The van der Waals surface area contributed by atoms with E-state index in [1.165, 1.54) is 0 Å². The van der Waals surface area contributed by atoms with Gasteiger partial charge in [0.05, 0.1) is 6.10 Å². The summed E-state index contributed by atoms with van der Waals surface area (Å²) in [6.07, 6.45) is -0.296. The third-order valence-electron chi connectivity index (χ3n) is 1.89. The Labute approximate surface area is 118 Å². The molecule has 2 unspecified atom stereocenters. The van der Waals surface area contributed by atoms with Crippen molar-refractivity contribution < 1.29 is 23.9 Å². The molecule has 20 heavy (non-hydrogen) atoms. The summed E-state index contributed by atoms with van der Waals surface area (Å²) in [4.78, 5) is 18.7. The van der Waals surface area contributed by atoms with Gasteiger partial charge in [-0.1, -0.05) is 18.2 Å². The molecule has 1 aromatic carbocycles. The lowest BCUT2D eigenvalue weighted by Gasteiger charge is -2.09. The summed E-state index contributed by atoms with van der Waals surface area (Å²) in [6, 6.07) is 8.72. The van der Waals surface area contributed by atoms with Crippen LogP contribution in [0.4, 0.5) is 5.69 Å². The number of carbonyl (C=O) groups is 1. The minimum atomic E-state index is -3.72. The van der Waals surface area contributed by atoms with Gasteiger partial charge in [-0.2, -0.15) is 0 Å². The molecule has 0 aromatic heterocycles. The van der Waals surface area contributed by atoms with E-state index in [0.717, 1.165) is 5.69 Å². The minimum Gasteiger partial charge on any atom is -0.480 e. The number of benzene rings is 1. The van der Waals surface area contributed by atoms with E-state index in [9.17, 15) is 9.36 Å². The zero-order valence-electron chi connectivity index (χ0n) is 11.7. The number of nitrogens with one attached hydrogen (secondary N) is 1. The Morgan fingerprint density at radius 2 is 1.80 bits per heavy atom. The van der Waals surface area contributed by atoms with Gasteiger partial charge < -0.3 is 15.3 Å². The van der Waals surface area contributed by atoms with Gasteiger partial charge in [0.1, 0.15) is 6.04 Å². The fourth-order valence-electron chi connectivity index (χ4n) is 1.15. The van der Waals surface area contributed by atoms with E-state index in [0.29, 0.717) is 0 Å². The van der Waals surface area contributed by atoms with Gasteiger partial charge in [0, 0.05) is 5.69 Å². The third-order valence-corrected chi connectivity index (χ3v) is 2.61. The van der Waals surface area contributed by atoms with Crippen molar-refractivity contribution in [1.29, 1.82) is 0 Å². The Bertz CT molecular complexity index is 446. The van der Waals surface area contributed by atoms with Gasteiger partial charge in [-0.15, -0.1) is 0 Å². The van der Waals surface area contributed by atoms with Crippen LogP contribution in [0.25, 0.3) is 0 Å². The summed E-state index contributed by atoms with van der Waals surface area (Å²) >= 11 is 0. The molecule has 5 N–H and O–H groups in total. The Hall–Kier alpha value is -1.40. The number of hydrogen-bond acceptors (Lipinski definition) is 4. The van der Waals surface area contributed by atoms with Crippen LogP contribution in [0.3, 0.4) is 0 Å². The van der Waals surface area contributed by atoms with Crippen molar-refractivity contribution in [3.63, 3.8) is 0 Å². The molecule has 0 saturated heterocycles. The monoisotopic (exact) mass is 304 g/mol. The third kappa shape index (κ3) is 10.5. The van der Waals surface area contributed by atoms with Crippen LogP contribution in [0.5, 0.6) is 0 Å². The molecular formula is C12H21N2O5P. The average molecular weight is 304 g/mol. The minimum absolute atomic E-state index is 0.296. The lowest BCUT2D eigenvalue weighted by Crippen LogP contribution is -2.25. The highest BCUT2D eigenvalue weighted by Crippen LogP contribution is 2.32. The Kier molecular flexibility index (Phi) is 8.10. The topological polar surface area (TPSA) is 122 Å². The van der Waals surface area contributed by atoms with Gasteiger partial charge in [0.25, 0.3) is 0 Å². The van der Waals surface area contributed by atoms with Crippen molar-refractivity contribution in [2.24, 2.45) is 5.50 Å². The highest BCUT2D eigenvalue weighted by Gasteiger charge is 2.12. The first-order valence-corrected chi connectivity index (χ1v) is 7.60. The summed E-state index contributed by atoms with van der Waals surface area (Å²) in [5, 5.41) is 11.4. The van der Waals surface area contributed by atoms with Crippen LogP contribution in [0.1, 0.15) is 20.8 Å².